The molecule has 2 heterocycles. The van der Waals surface area contributed by atoms with Crippen LogP contribution in [0.4, 0.5) is 0 Å². The molecule has 0 fully saturated rings. The first-order valence-electron chi connectivity index (χ1n) is 5.95. The summed E-state index contributed by atoms with van der Waals surface area (Å²) in [6.45, 7) is 2.81. The minimum atomic E-state index is -0.0959. The van der Waals surface area contributed by atoms with Crippen LogP contribution in [0.25, 0.3) is 5.65 Å². The first-order chi connectivity index (χ1) is 8.72. The lowest BCUT2D eigenvalue weighted by Crippen LogP contribution is -2.22. The average Bonchev–Trinajstić information content (AvgIpc) is 2.72. The third-order valence-electron chi connectivity index (χ3n) is 2.65. The van der Waals surface area contributed by atoms with E-state index >= 15 is 0 Å². The van der Waals surface area contributed by atoms with Gasteiger partial charge in [-0.05, 0) is 23.8 Å². The van der Waals surface area contributed by atoms with E-state index in [2.05, 4.69) is 5.10 Å². The summed E-state index contributed by atoms with van der Waals surface area (Å²) in [7, 11) is 0. The van der Waals surface area contributed by atoms with Crippen molar-refractivity contribution >= 4 is 17.4 Å². The molecule has 6 heteroatoms. The highest BCUT2D eigenvalue weighted by Crippen LogP contribution is 2.07. The van der Waals surface area contributed by atoms with E-state index in [-0.39, 0.29) is 12.3 Å². The quantitative estimate of drug-likeness (QED) is 0.789. The molecule has 5 nitrogen and oxygen atoms in total. The summed E-state index contributed by atoms with van der Waals surface area (Å²) < 4.78 is 3.03. The number of aromatic nitrogens is 3. The van der Waals surface area contributed by atoms with Crippen molar-refractivity contribution < 1.29 is 5.11 Å². The topological polar surface area (TPSA) is 59.5 Å². The molecule has 2 aromatic heterocycles. The molecule has 2 aromatic rings. The van der Waals surface area contributed by atoms with E-state index in [1.54, 1.807) is 22.4 Å². The maximum atomic E-state index is 11.9. The Morgan fingerprint density at radius 3 is 3.06 bits per heavy atom. The molecule has 0 aliphatic heterocycles. The van der Waals surface area contributed by atoms with Crippen LogP contribution in [0.15, 0.2) is 29.2 Å². The normalized spacial score (nSPS) is 13.0. The second kappa shape index (κ2) is 6.06. The van der Waals surface area contributed by atoms with Gasteiger partial charge < -0.3 is 5.11 Å². The fourth-order valence-corrected chi connectivity index (χ4v) is 2.58. The number of thioether (sulfide) groups is 1. The van der Waals surface area contributed by atoms with Crippen LogP contribution in [0.2, 0.25) is 0 Å². The van der Waals surface area contributed by atoms with Crippen LogP contribution in [0.3, 0.4) is 0 Å². The fourth-order valence-electron chi connectivity index (χ4n) is 1.60. The van der Waals surface area contributed by atoms with Gasteiger partial charge in [0.1, 0.15) is 0 Å². The van der Waals surface area contributed by atoms with Crippen molar-refractivity contribution in [3.8, 4) is 0 Å². The number of aryl methyl sites for hydroxylation is 1. The summed E-state index contributed by atoms with van der Waals surface area (Å²) in [5.41, 5.74) is 0.581. The number of aliphatic hydroxyl groups is 1. The maximum absolute atomic E-state index is 11.9. The molecule has 18 heavy (non-hydrogen) atoms. The van der Waals surface area contributed by atoms with Crippen molar-refractivity contribution in [2.75, 3.05) is 18.1 Å². The molecule has 0 aromatic carbocycles. The zero-order valence-electron chi connectivity index (χ0n) is 10.3. The Morgan fingerprint density at radius 2 is 2.33 bits per heavy atom. The number of pyridine rings is 1. The predicted octanol–water partition coefficient (Wildman–Crippen LogP) is 0.858. The standard InChI is InChI=1S/C12H17N3O2S/c1-10(8-16)9-18-7-6-15-12(17)14-5-3-2-4-11(14)13-15/h2-5,10,16H,6-9H2,1H3. The molecule has 98 valence electrons. The van der Waals surface area contributed by atoms with E-state index in [0.717, 1.165) is 11.5 Å². The van der Waals surface area contributed by atoms with Crippen LogP contribution in [-0.4, -0.2) is 37.4 Å². The largest absolute Gasteiger partial charge is 0.396 e. The van der Waals surface area contributed by atoms with Gasteiger partial charge in [-0.1, -0.05) is 13.0 Å². The lowest BCUT2D eigenvalue weighted by molar-refractivity contribution is 0.250. The summed E-state index contributed by atoms with van der Waals surface area (Å²) in [6, 6.07) is 5.50. The van der Waals surface area contributed by atoms with E-state index in [1.165, 1.54) is 4.68 Å². The number of rotatable bonds is 6. The molecule has 1 atom stereocenters. The molecule has 0 saturated heterocycles. The highest BCUT2D eigenvalue weighted by Gasteiger charge is 2.06. The summed E-state index contributed by atoms with van der Waals surface area (Å²) in [6.07, 6.45) is 1.72. The Hall–Kier alpha value is -1.27. The Kier molecular flexibility index (Phi) is 4.43. The number of hydrogen-bond donors (Lipinski definition) is 1. The number of hydrogen-bond acceptors (Lipinski definition) is 4. The smallest absolute Gasteiger partial charge is 0.350 e. The van der Waals surface area contributed by atoms with Gasteiger partial charge in [-0.15, -0.1) is 5.10 Å². The molecule has 2 rings (SSSR count). The number of fused-ring (bicyclic) bond motifs is 1. The molecule has 0 radical (unpaired) electrons. The van der Waals surface area contributed by atoms with Crippen LogP contribution in [0.1, 0.15) is 6.92 Å². The number of aliphatic hydroxyl groups excluding tert-OH is 1. The monoisotopic (exact) mass is 267 g/mol. The molecule has 0 aliphatic rings. The summed E-state index contributed by atoms with van der Waals surface area (Å²) in [5, 5.41) is 13.2. The third-order valence-corrected chi connectivity index (χ3v) is 3.93. The predicted molar refractivity (Wildman–Crippen MR) is 73.0 cm³/mol. The molecule has 0 aliphatic carbocycles. The van der Waals surface area contributed by atoms with Gasteiger partial charge in [-0.3, -0.25) is 4.40 Å². The zero-order chi connectivity index (χ0) is 13.0. The van der Waals surface area contributed by atoms with Gasteiger partial charge in [0.2, 0.25) is 0 Å². The molecular formula is C12H17N3O2S. The van der Waals surface area contributed by atoms with Crippen molar-refractivity contribution in [1.29, 1.82) is 0 Å². The first kappa shape index (κ1) is 13.2. The lowest BCUT2D eigenvalue weighted by atomic mass is 10.2. The van der Waals surface area contributed by atoms with Crippen molar-refractivity contribution in [2.24, 2.45) is 5.92 Å². The number of nitrogens with zero attached hydrogens (tertiary/aromatic N) is 3. The fraction of sp³-hybridized carbons (Fsp3) is 0.500. The molecule has 0 spiro atoms. The van der Waals surface area contributed by atoms with E-state index in [4.69, 9.17) is 5.11 Å². The first-order valence-corrected chi connectivity index (χ1v) is 7.10. The van der Waals surface area contributed by atoms with Gasteiger partial charge in [-0.2, -0.15) is 11.8 Å². The average molecular weight is 267 g/mol. The van der Waals surface area contributed by atoms with E-state index in [0.29, 0.717) is 18.1 Å². The molecule has 1 unspecified atom stereocenters. The van der Waals surface area contributed by atoms with Gasteiger partial charge in [0, 0.05) is 18.6 Å². The SMILES string of the molecule is CC(CO)CSCCn1nc2ccccn2c1=O. The summed E-state index contributed by atoms with van der Waals surface area (Å²) in [5.74, 6) is 2.03. The van der Waals surface area contributed by atoms with Crippen LogP contribution >= 0.6 is 11.8 Å². The highest BCUT2D eigenvalue weighted by atomic mass is 32.2. The third kappa shape index (κ3) is 2.94. The van der Waals surface area contributed by atoms with Crippen LogP contribution < -0.4 is 5.69 Å². The van der Waals surface area contributed by atoms with E-state index in [9.17, 15) is 4.79 Å². The van der Waals surface area contributed by atoms with E-state index in [1.807, 2.05) is 25.1 Å². The van der Waals surface area contributed by atoms with Gasteiger partial charge in [-0.25, -0.2) is 9.48 Å². The van der Waals surface area contributed by atoms with Gasteiger partial charge in [0.05, 0.1) is 6.54 Å². The summed E-state index contributed by atoms with van der Waals surface area (Å²) in [4.78, 5) is 11.9. The molecule has 0 bridgehead atoms. The maximum Gasteiger partial charge on any atom is 0.350 e. The minimum absolute atomic E-state index is 0.0959. The Balaban J connectivity index is 1.96. The van der Waals surface area contributed by atoms with Crippen molar-refractivity contribution in [1.82, 2.24) is 14.2 Å². The lowest BCUT2D eigenvalue weighted by Gasteiger charge is -2.06. The van der Waals surface area contributed by atoms with Crippen LogP contribution in [-0.2, 0) is 6.54 Å². The van der Waals surface area contributed by atoms with Crippen molar-refractivity contribution in [3.63, 3.8) is 0 Å². The van der Waals surface area contributed by atoms with Gasteiger partial charge >= 0.3 is 5.69 Å². The highest BCUT2D eigenvalue weighted by molar-refractivity contribution is 7.99. The van der Waals surface area contributed by atoms with Crippen LogP contribution in [0, 0.1) is 5.92 Å². The second-order valence-electron chi connectivity index (χ2n) is 4.30. The van der Waals surface area contributed by atoms with Crippen molar-refractivity contribution in [3.05, 3.63) is 34.9 Å². The molecule has 0 saturated carbocycles. The Morgan fingerprint density at radius 1 is 1.50 bits per heavy atom. The Bertz CT molecular complexity index is 564. The van der Waals surface area contributed by atoms with Gasteiger partial charge in [0.25, 0.3) is 0 Å². The summed E-state index contributed by atoms with van der Waals surface area (Å²) >= 11 is 1.73. The second-order valence-corrected chi connectivity index (χ2v) is 5.45. The van der Waals surface area contributed by atoms with E-state index < -0.39 is 0 Å². The zero-order valence-corrected chi connectivity index (χ0v) is 11.1. The van der Waals surface area contributed by atoms with Gasteiger partial charge in [0.15, 0.2) is 5.65 Å². The molecule has 0 amide bonds. The van der Waals surface area contributed by atoms with Crippen LogP contribution in [0.5, 0.6) is 0 Å². The minimum Gasteiger partial charge on any atom is -0.396 e. The van der Waals surface area contributed by atoms with Crippen molar-refractivity contribution in [2.45, 2.75) is 13.5 Å². The Labute approximate surface area is 109 Å². The molecule has 1 N–H and O–H groups in total. The molecular weight excluding hydrogens is 250 g/mol.